The number of aromatic amines is 1. The summed E-state index contributed by atoms with van der Waals surface area (Å²) in [6.07, 6.45) is 1.84. The Kier molecular flexibility index (Phi) is 4.10. The molecule has 0 saturated heterocycles. The normalized spacial score (nSPS) is 9.33. The first-order chi connectivity index (χ1) is 7.27. The highest BCUT2D eigenvalue weighted by atomic mass is 15.1. The van der Waals surface area contributed by atoms with Crippen molar-refractivity contribution in [2.24, 2.45) is 0 Å². The van der Waals surface area contributed by atoms with E-state index >= 15 is 0 Å². The summed E-state index contributed by atoms with van der Waals surface area (Å²) in [7, 11) is 0. The van der Waals surface area contributed by atoms with E-state index in [1.165, 1.54) is 16.7 Å². The number of benzene rings is 1. The van der Waals surface area contributed by atoms with E-state index in [-0.39, 0.29) is 0 Å². The van der Waals surface area contributed by atoms with Gasteiger partial charge in [-0.1, -0.05) is 37.6 Å². The fourth-order valence-electron chi connectivity index (χ4n) is 1.44. The van der Waals surface area contributed by atoms with Crippen LogP contribution in [0.25, 0.3) is 11.3 Å². The number of hydrogen-bond acceptors (Lipinski definition) is 1. The maximum atomic E-state index is 4.00. The molecule has 0 amide bonds. The van der Waals surface area contributed by atoms with Gasteiger partial charge >= 0.3 is 0 Å². The molecular formula is C13H18N2. The molecule has 1 heterocycles. The molecule has 1 N–H and O–H groups in total. The van der Waals surface area contributed by atoms with Crippen LogP contribution in [0.1, 0.15) is 25.0 Å². The van der Waals surface area contributed by atoms with E-state index in [1.807, 2.05) is 20.0 Å². The molecule has 80 valence electrons. The van der Waals surface area contributed by atoms with Crippen LogP contribution in [0.15, 0.2) is 30.5 Å². The molecule has 0 atom stereocenters. The number of aromatic nitrogens is 2. The van der Waals surface area contributed by atoms with Crippen LogP contribution >= 0.6 is 0 Å². The first-order valence-corrected chi connectivity index (χ1v) is 5.34. The molecule has 0 fully saturated rings. The molecule has 0 spiro atoms. The van der Waals surface area contributed by atoms with Gasteiger partial charge in [0.15, 0.2) is 0 Å². The van der Waals surface area contributed by atoms with Crippen LogP contribution in [0.4, 0.5) is 0 Å². The zero-order valence-corrected chi connectivity index (χ0v) is 9.83. The smallest absolute Gasteiger partial charge is 0.0679 e. The Labute approximate surface area is 91.4 Å². The van der Waals surface area contributed by atoms with Gasteiger partial charge in [0.25, 0.3) is 0 Å². The van der Waals surface area contributed by atoms with Crippen LogP contribution in [0.5, 0.6) is 0 Å². The first-order valence-electron chi connectivity index (χ1n) is 5.34. The molecule has 0 unspecified atom stereocenters. The second-order valence-corrected chi connectivity index (χ2v) is 3.30. The van der Waals surface area contributed by atoms with Gasteiger partial charge in [-0.15, -0.1) is 0 Å². The van der Waals surface area contributed by atoms with Crippen LogP contribution < -0.4 is 0 Å². The average Bonchev–Trinajstić information content (AvgIpc) is 2.67. The van der Waals surface area contributed by atoms with E-state index in [0.717, 1.165) is 5.69 Å². The maximum Gasteiger partial charge on any atom is 0.0679 e. The van der Waals surface area contributed by atoms with E-state index < -0.39 is 0 Å². The van der Waals surface area contributed by atoms with Crippen molar-refractivity contribution in [3.63, 3.8) is 0 Å². The molecule has 2 aromatic rings. The van der Waals surface area contributed by atoms with Crippen LogP contribution in [0.3, 0.4) is 0 Å². The Morgan fingerprint density at radius 1 is 1.13 bits per heavy atom. The molecule has 0 saturated carbocycles. The van der Waals surface area contributed by atoms with Gasteiger partial charge in [-0.3, -0.25) is 5.10 Å². The number of aryl methyl sites for hydroxylation is 2. The summed E-state index contributed by atoms with van der Waals surface area (Å²) in [6.45, 7) is 8.15. The summed E-state index contributed by atoms with van der Waals surface area (Å²) < 4.78 is 0. The molecular weight excluding hydrogens is 184 g/mol. The van der Waals surface area contributed by atoms with E-state index in [2.05, 4.69) is 48.3 Å². The lowest BCUT2D eigenvalue weighted by molar-refractivity contribution is 1.09. The minimum Gasteiger partial charge on any atom is -0.278 e. The Morgan fingerprint density at radius 2 is 1.87 bits per heavy atom. The van der Waals surface area contributed by atoms with Crippen molar-refractivity contribution >= 4 is 0 Å². The lowest BCUT2D eigenvalue weighted by Gasteiger charge is -2.00. The average molecular weight is 202 g/mol. The van der Waals surface area contributed by atoms with Gasteiger partial charge in [0.2, 0.25) is 0 Å². The van der Waals surface area contributed by atoms with Gasteiger partial charge in [0, 0.05) is 5.56 Å². The van der Waals surface area contributed by atoms with Crippen molar-refractivity contribution in [3.05, 3.63) is 41.6 Å². The monoisotopic (exact) mass is 202 g/mol. The zero-order valence-electron chi connectivity index (χ0n) is 9.83. The molecule has 1 aromatic carbocycles. The quantitative estimate of drug-likeness (QED) is 0.750. The van der Waals surface area contributed by atoms with Crippen molar-refractivity contribution in [2.45, 2.75) is 27.7 Å². The number of nitrogens with zero attached hydrogens (tertiary/aromatic N) is 1. The number of nitrogens with one attached hydrogen (secondary N) is 1. The molecule has 2 heteroatoms. The lowest BCUT2D eigenvalue weighted by Crippen LogP contribution is -1.81. The zero-order chi connectivity index (χ0) is 11.3. The standard InChI is InChI=1S/C11H12N2.C2H6/c1-8-4-3-5-10(6-8)11-9(2)7-12-13-11;1-2/h3-7H,1-2H3,(H,12,13);1-2H3. The molecule has 0 aliphatic heterocycles. The molecule has 2 nitrogen and oxygen atoms in total. The van der Waals surface area contributed by atoms with E-state index in [4.69, 9.17) is 0 Å². The Bertz CT molecular complexity index is 416. The summed E-state index contributed by atoms with van der Waals surface area (Å²) in [5.41, 5.74) is 4.77. The van der Waals surface area contributed by atoms with Crippen molar-refractivity contribution in [3.8, 4) is 11.3 Å². The van der Waals surface area contributed by atoms with Crippen LogP contribution in [0.2, 0.25) is 0 Å². The minimum absolute atomic E-state index is 1.11. The second-order valence-electron chi connectivity index (χ2n) is 3.30. The summed E-state index contributed by atoms with van der Waals surface area (Å²) >= 11 is 0. The highest BCUT2D eigenvalue weighted by Gasteiger charge is 2.02. The predicted octanol–water partition coefficient (Wildman–Crippen LogP) is 3.72. The maximum absolute atomic E-state index is 4.00. The minimum atomic E-state index is 1.11. The van der Waals surface area contributed by atoms with Crippen LogP contribution in [-0.4, -0.2) is 10.2 Å². The molecule has 1 aromatic heterocycles. The molecule has 15 heavy (non-hydrogen) atoms. The molecule has 2 rings (SSSR count). The number of rotatable bonds is 1. The van der Waals surface area contributed by atoms with E-state index in [9.17, 15) is 0 Å². The van der Waals surface area contributed by atoms with Gasteiger partial charge in [0.1, 0.15) is 0 Å². The third-order valence-corrected chi connectivity index (χ3v) is 2.14. The second kappa shape index (κ2) is 5.35. The molecule has 0 aliphatic carbocycles. The molecule has 0 bridgehead atoms. The van der Waals surface area contributed by atoms with E-state index in [0.29, 0.717) is 0 Å². The van der Waals surface area contributed by atoms with Gasteiger partial charge < -0.3 is 0 Å². The number of hydrogen-bond donors (Lipinski definition) is 1. The topological polar surface area (TPSA) is 28.7 Å². The Hall–Kier alpha value is -1.57. The lowest BCUT2D eigenvalue weighted by atomic mass is 10.1. The summed E-state index contributed by atoms with van der Waals surface area (Å²) in [5, 5.41) is 7.00. The van der Waals surface area contributed by atoms with Crippen molar-refractivity contribution in [2.75, 3.05) is 0 Å². The highest BCUT2D eigenvalue weighted by molar-refractivity contribution is 5.62. The van der Waals surface area contributed by atoms with Crippen molar-refractivity contribution < 1.29 is 0 Å². The molecule has 0 aliphatic rings. The van der Waals surface area contributed by atoms with E-state index in [1.54, 1.807) is 0 Å². The van der Waals surface area contributed by atoms with Gasteiger partial charge in [-0.2, -0.15) is 5.10 Å². The summed E-state index contributed by atoms with van der Waals surface area (Å²) in [6, 6.07) is 8.40. The Morgan fingerprint density at radius 3 is 2.40 bits per heavy atom. The van der Waals surface area contributed by atoms with Gasteiger partial charge in [0.05, 0.1) is 11.9 Å². The number of H-pyrrole nitrogens is 1. The first kappa shape index (κ1) is 11.5. The van der Waals surface area contributed by atoms with Crippen LogP contribution in [0, 0.1) is 13.8 Å². The largest absolute Gasteiger partial charge is 0.278 e. The van der Waals surface area contributed by atoms with Crippen LogP contribution in [-0.2, 0) is 0 Å². The SMILES string of the molecule is CC.Cc1cccc(-c2[nH]ncc2C)c1. The van der Waals surface area contributed by atoms with Crippen molar-refractivity contribution in [1.29, 1.82) is 0 Å². The third-order valence-electron chi connectivity index (χ3n) is 2.14. The summed E-state index contributed by atoms with van der Waals surface area (Å²) in [5.74, 6) is 0. The summed E-state index contributed by atoms with van der Waals surface area (Å²) in [4.78, 5) is 0. The van der Waals surface area contributed by atoms with Gasteiger partial charge in [-0.25, -0.2) is 0 Å². The van der Waals surface area contributed by atoms with Gasteiger partial charge in [-0.05, 0) is 25.5 Å². The fourth-order valence-corrected chi connectivity index (χ4v) is 1.44. The molecule has 0 radical (unpaired) electrons. The predicted molar refractivity (Wildman–Crippen MR) is 64.8 cm³/mol. The Balaban J connectivity index is 0.000000531. The third kappa shape index (κ3) is 2.69. The highest BCUT2D eigenvalue weighted by Crippen LogP contribution is 2.20. The van der Waals surface area contributed by atoms with Crippen molar-refractivity contribution in [1.82, 2.24) is 10.2 Å². The fraction of sp³-hybridized carbons (Fsp3) is 0.308.